The molecule has 0 radical (unpaired) electrons. The van der Waals surface area contributed by atoms with Crippen molar-refractivity contribution >= 4 is 5.91 Å². The predicted molar refractivity (Wildman–Crippen MR) is 35.1 cm³/mol. The number of amides is 1. The molecule has 1 heterocycles. The Kier molecular flexibility index (Phi) is 1.71. The van der Waals surface area contributed by atoms with Gasteiger partial charge < -0.3 is 10.2 Å². The van der Waals surface area contributed by atoms with Gasteiger partial charge in [-0.3, -0.25) is 4.79 Å². The van der Waals surface area contributed by atoms with Crippen LogP contribution >= 0.6 is 0 Å². The predicted octanol–water partition coefficient (Wildman–Crippen LogP) is -0.706. The average molecular weight is 128 g/mol. The number of carbonyl (C=O) groups is 1. The molecule has 1 rings (SSSR count). The van der Waals surface area contributed by atoms with Gasteiger partial charge in [0.15, 0.2) is 0 Å². The van der Waals surface area contributed by atoms with Gasteiger partial charge in [0.05, 0.1) is 5.92 Å². The minimum absolute atomic E-state index is 0.174. The minimum atomic E-state index is 0.174. The first-order valence-corrected chi connectivity index (χ1v) is 3.14. The summed E-state index contributed by atoms with van der Waals surface area (Å²) in [5.74, 6) is 0.424. The maximum Gasteiger partial charge on any atom is 0.225 e. The second-order valence-corrected chi connectivity index (χ2v) is 2.53. The molecule has 0 aromatic rings. The Morgan fingerprint density at radius 3 is 2.56 bits per heavy atom. The lowest BCUT2D eigenvalue weighted by atomic mass is 10.0. The van der Waals surface area contributed by atoms with Gasteiger partial charge in [-0.2, -0.15) is 0 Å². The van der Waals surface area contributed by atoms with Crippen molar-refractivity contribution in [2.24, 2.45) is 5.92 Å². The second kappa shape index (κ2) is 2.35. The number of hydrogen-bond donors (Lipinski definition) is 1. The molecule has 9 heavy (non-hydrogen) atoms. The maximum atomic E-state index is 10.8. The SMILES string of the molecule is CNC(=O)C1CN(C)C1. The molecular weight excluding hydrogens is 116 g/mol. The molecule has 1 aliphatic rings. The van der Waals surface area contributed by atoms with Crippen molar-refractivity contribution in [1.29, 1.82) is 0 Å². The summed E-state index contributed by atoms with van der Waals surface area (Å²) in [6, 6.07) is 0. The molecule has 3 heteroatoms. The molecule has 0 aromatic carbocycles. The first kappa shape index (κ1) is 6.55. The highest BCUT2D eigenvalue weighted by molar-refractivity contribution is 5.79. The van der Waals surface area contributed by atoms with Crippen LogP contribution in [0, 0.1) is 5.92 Å². The van der Waals surface area contributed by atoms with Crippen LogP contribution in [-0.4, -0.2) is 38.0 Å². The fourth-order valence-electron chi connectivity index (χ4n) is 1.07. The lowest BCUT2D eigenvalue weighted by Crippen LogP contribution is -2.50. The monoisotopic (exact) mass is 128 g/mol. The minimum Gasteiger partial charge on any atom is -0.359 e. The third-order valence-electron chi connectivity index (χ3n) is 1.68. The van der Waals surface area contributed by atoms with Gasteiger partial charge in [-0.05, 0) is 7.05 Å². The second-order valence-electron chi connectivity index (χ2n) is 2.53. The molecule has 0 spiro atoms. The van der Waals surface area contributed by atoms with Gasteiger partial charge in [-0.25, -0.2) is 0 Å². The highest BCUT2D eigenvalue weighted by atomic mass is 16.1. The molecule has 1 saturated heterocycles. The zero-order valence-corrected chi connectivity index (χ0v) is 5.85. The molecule has 1 fully saturated rings. The largest absolute Gasteiger partial charge is 0.359 e. The van der Waals surface area contributed by atoms with E-state index in [4.69, 9.17) is 0 Å². The smallest absolute Gasteiger partial charge is 0.225 e. The Morgan fingerprint density at radius 2 is 2.22 bits per heavy atom. The van der Waals surface area contributed by atoms with E-state index in [9.17, 15) is 4.79 Å². The normalized spacial score (nSPS) is 21.1. The van der Waals surface area contributed by atoms with Crippen molar-refractivity contribution in [3.63, 3.8) is 0 Å². The Bertz CT molecular complexity index is 118. The highest BCUT2D eigenvalue weighted by Gasteiger charge is 2.28. The fraction of sp³-hybridized carbons (Fsp3) is 0.833. The van der Waals surface area contributed by atoms with E-state index in [1.165, 1.54) is 0 Å². The summed E-state index contributed by atoms with van der Waals surface area (Å²) in [6.07, 6.45) is 0. The summed E-state index contributed by atoms with van der Waals surface area (Å²) in [7, 11) is 3.69. The van der Waals surface area contributed by atoms with Crippen molar-refractivity contribution in [3.05, 3.63) is 0 Å². The van der Waals surface area contributed by atoms with Gasteiger partial charge in [0.1, 0.15) is 0 Å². The van der Waals surface area contributed by atoms with E-state index in [2.05, 4.69) is 10.2 Å². The summed E-state index contributed by atoms with van der Waals surface area (Å²) in [4.78, 5) is 12.9. The number of rotatable bonds is 1. The zero-order chi connectivity index (χ0) is 6.85. The summed E-state index contributed by atoms with van der Waals surface area (Å²) in [5, 5.41) is 2.62. The lowest BCUT2D eigenvalue weighted by Gasteiger charge is -2.34. The lowest BCUT2D eigenvalue weighted by molar-refractivity contribution is -0.129. The van der Waals surface area contributed by atoms with Crippen LogP contribution in [0.25, 0.3) is 0 Å². The maximum absolute atomic E-state index is 10.8. The third kappa shape index (κ3) is 1.21. The number of carbonyl (C=O) groups excluding carboxylic acids is 1. The van der Waals surface area contributed by atoms with Crippen molar-refractivity contribution in [1.82, 2.24) is 10.2 Å². The molecule has 1 N–H and O–H groups in total. The number of nitrogens with zero attached hydrogens (tertiary/aromatic N) is 1. The van der Waals surface area contributed by atoms with Crippen LogP contribution in [0.5, 0.6) is 0 Å². The van der Waals surface area contributed by atoms with E-state index >= 15 is 0 Å². The van der Waals surface area contributed by atoms with Gasteiger partial charge >= 0.3 is 0 Å². The summed E-state index contributed by atoms with van der Waals surface area (Å²) in [6.45, 7) is 1.83. The first-order valence-electron chi connectivity index (χ1n) is 3.14. The molecular formula is C6H12N2O. The van der Waals surface area contributed by atoms with Gasteiger partial charge in [-0.15, -0.1) is 0 Å². The van der Waals surface area contributed by atoms with Crippen LogP contribution in [0.2, 0.25) is 0 Å². The number of nitrogens with one attached hydrogen (secondary N) is 1. The van der Waals surface area contributed by atoms with Crippen LogP contribution in [0.3, 0.4) is 0 Å². The zero-order valence-electron chi connectivity index (χ0n) is 5.85. The molecule has 0 atom stereocenters. The van der Waals surface area contributed by atoms with Crippen LogP contribution in [0.1, 0.15) is 0 Å². The molecule has 0 saturated carbocycles. The quantitative estimate of drug-likeness (QED) is 0.506. The standard InChI is InChI=1S/C6H12N2O/c1-7-6(9)5-3-8(2)4-5/h5H,3-4H2,1-2H3,(H,7,9). The van der Waals surface area contributed by atoms with Crippen LogP contribution in [-0.2, 0) is 4.79 Å². The summed E-state index contributed by atoms with van der Waals surface area (Å²) < 4.78 is 0. The van der Waals surface area contributed by atoms with E-state index in [0.717, 1.165) is 13.1 Å². The Labute approximate surface area is 55.0 Å². The Hall–Kier alpha value is -0.570. The molecule has 52 valence electrons. The molecule has 0 aromatic heterocycles. The van der Waals surface area contributed by atoms with E-state index in [-0.39, 0.29) is 11.8 Å². The van der Waals surface area contributed by atoms with Gasteiger partial charge in [-0.1, -0.05) is 0 Å². The molecule has 1 amide bonds. The average Bonchev–Trinajstić information content (AvgIpc) is 1.79. The summed E-state index contributed by atoms with van der Waals surface area (Å²) in [5.41, 5.74) is 0. The number of likely N-dealkylation sites (tertiary alicyclic amines) is 1. The van der Waals surface area contributed by atoms with Gasteiger partial charge in [0.25, 0.3) is 0 Å². The molecule has 0 unspecified atom stereocenters. The topological polar surface area (TPSA) is 32.3 Å². The summed E-state index contributed by atoms with van der Waals surface area (Å²) >= 11 is 0. The molecule has 1 aliphatic heterocycles. The molecule has 3 nitrogen and oxygen atoms in total. The van der Waals surface area contributed by atoms with Crippen molar-refractivity contribution in [3.8, 4) is 0 Å². The van der Waals surface area contributed by atoms with E-state index < -0.39 is 0 Å². The van der Waals surface area contributed by atoms with E-state index in [0.29, 0.717) is 0 Å². The van der Waals surface area contributed by atoms with Gasteiger partial charge in [0.2, 0.25) is 5.91 Å². The van der Waals surface area contributed by atoms with E-state index in [1.54, 1.807) is 7.05 Å². The Morgan fingerprint density at radius 1 is 1.67 bits per heavy atom. The third-order valence-corrected chi connectivity index (χ3v) is 1.68. The molecule has 0 aliphatic carbocycles. The Balaban J connectivity index is 2.23. The molecule has 0 bridgehead atoms. The highest BCUT2D eigenvalue weighted by Crippen LogP contribution is 2.11. The van der Waals surface area contributed by atoms with Crippen LogP contribution in [0.15, 0.2) is 0 Å². The van der Waals surface area contributed by atoms with Crippen molar-refractivity contribution in [2.45, 2.75) is 0 Å². The first-order chi connectivity index (χ1) is 4.24. The fourth-order valence-corrected chi connectivity index (χ4v) is 1.07. The van der Waals surface area contributed by atoms with E-state index in [1.807, 2.05) is 7.05 Å². The van der Waals surface area contributed by atoms with Crippen LogP contribution in [0.4, 0.5) is 0 Å². The van der Waals surface area contributed by atoms with Crippen LogP contribution < -0.4 is 5.32 Å². The van der Waals surface area contributed by atoms with Crippen molar-refractivity contribution in [2.75, 3.05) is 27.2 Å². The van der Waals surface area contributed by atoms with Crippen molar-refractivity contribution < 1.29 is 4.79 Å². The van der Waals surface area contributed by atoms with Gasteiger partial charge in [0, 0.05) is 20.1 Å². The number of hydrogen-bond acceptors (Lipinski definition) is 2.